The van der Waals surface area contributed by atoms with Crippen LogP contribution in [-0.2, 0) is 11.2 Å². The molecule has 1 atom stereocenters. The van der Waals surface area contributed by atoms with Crippen LogP contribution >= 0.6 is 0 Å². The number of aromatic amines is 1. The minimum atomic E-state index is -0.359. The lowest BCUT2D eigenvalue weighted by Gasteiger charge is -2.38. The van der Waals surface area contributed by atoms with Crippen LogP contribution in [0.2, 0.25) is 0 Å². The zero-order chi connectivity index (χ0) is 17.0. The Balaban J connectivity index is 1.62. The first-order valence-electron chi connectivity index (χ1n) is 8.69. The van der Waals surface area contributed by atoms with E-state index in [0.717, 1.165) is 37.1 Å². The first-order chi connectivity index (χ1) is 12.2. The first kappa shape index (κ1) is 14.6. The standard InChI is InChI=1S/C18H18FN5O/c19-12-5-2-7-24-15(12)9-14(22-24)17-16-13(20-10-21-16)6-8-23(17)18(25)11-3-1-4-11/h2,5,7,9-11,17H,1,3-4,6,8H2,(H,20,21)/t17-/m0/s1. The van der Waals surface area contributed by atoms with Crippen LogP contribution in [0, 0.1) is 11.7 Å². The van der Waals surface area contributed by atoms with Crippen molar-refractivity contribution in [1.82, 2.24) is 24.5 Å². The fourth-order valence-electron chi connectivity index (χ4n) is 3.84. The third-order valence-corrected chi connectivity index (χ3v) is 5.41. The number of pyridine rings is 1. The molecule has 7 heteroatoms. The second-order valence-corrected chi connectivity index (χ2v) is 6.83. The number of carbonyl (C=O) groups excluding carboxylic acids is 1. The van der Waals surface area contributed by atoms with E-state index in [1.165, 1.54) is 10.6 Å². The molecule has 0 radical (unpaired) electrons. The topological polar surface area (TPSA) is 66.3 Å². The van der Waals surface area contributed by atoms with Crippen LogP contribution < -0.4 is 0 Å². The van der Waals surface area contributed by atoms with Gasteiger partial charge in [-0.15, -0.1) is 0 Å². The van der Waals surface area contributed by atoms with Crippen molar-refractivity contribution in [2.75, 3.05) is 6.54 Å². The maximum Gasteiger partial charge on any atom is 0.226 e. The lowest BCUT2D eigenvalue weighted by Crippen LogP contribution is -2.45. The quantitative estimate of drug-likeness (QED) is 0.780. The van der Waals surface area contributed by atoms with Crippen molar-refractivity contribution in [3.05, 3.63) is 53.6 Å². The molecule has 6 nitrogen and oxygen atoms in total. The molecule has 3 aromatic heterocycles. The molecule has 0 aromatic carbocycles. The minimum absolute atomic E-state index is 0.108. The number of imidazole rings is 1. The predicted molar refractivity (Wildman–Crippen MR) is 88.3 cm³/mol. The number of hydrogen-bond acceptors (Lipinski definition) is 3. The molecule has 2 aliphatic rings. The maximum atomic E-state index is 14.1. The van der Waals surface area contributed by atoms with Crippen molar-refractivity contribution in [2.45, 2.75) is 31.7 Å². The molecular formula is C18H18FN5O. The van der Waals surface area contributed by atoms with E-state index < -0.39 is 0 Å². The van der Waals surface area contributed by atoms with Crippen LogP contribution in [-0.4, -0.2) is 36.9 Å². The summed E-state index contributed by atoms with van der Waals surface area (Å²) in [6.45, 7) is 0.631. The Morgan fingerprint density at radius 3 is 3.00 bits per heavy atom. The van der Waals surface area contributed by atoms with Gasteiger partial charge in [0.15, 0.2) is 0 Å². The minimum Gasteiger partial charge on any atom is -0.348 e. The monoisotopic (exact) mass is 339 g/mol. The summed E-state index contributed by atoms with van der Waals surface area (Å²) in [5.41, 5.74) is 2.92. The van der Waals surface area contributed by atoms with Crippen molar-refractivity contribution < 1.29 is 9.18 Å². The number of halogens is 1. The zero-order valence-corrected chi connectivity index (χ0v) is 13.7. The Morgan fingerprint density at radius 1 is 1.36 bits per heavy atom. The Bertz CT molecular complexity index is 957. The van der Waals surface area contributed by atoms with E-state index in [4.69, 9.17) is 0 Å². The number of carbonyl (C=O) groups is 1. The number of hydrogen-bond donors (Lipinski definition) is 1. The summed E-state index contributed by atoms with van der Waals surface area (Å²) in [6, 6.07) is 4.41. The molecule has 0 spiro atoms. The van der Waals surface area contributed by atoms with E-state index in [2.05, 4.69) is 15.1 Å². The number of amides is 1. The van der Waals surface area contributed by atoms with Crippen LogP contribution in [0.4, 0.5) is 4.39 Å². The molecule has 3 aromatic rings. The van der Waals surface area contributed by atoms with E-state index in [0.29, 0.717) is 17.8 Å². The maximum absolute atomic E-state index is 14.1. The number of rotatable bonds is 2. The van der Waals surface area contributed by atoms with E-state index in [-0.39, 0.29) is 23.7 Å². The van der Waals surface area contributed by atoms with Gasteiger partial charge in [0.25, 0.3) is 0 Å². The van der Waals surface area contributed by atoms with Gasteiger partial charge in [0.1, 0.15) is 17.4 Å². The van der Waals surface area contributed by atoms with E-state index >= 15 is 0 Å². The molecule has 1 N–H and O–H groups in total. The van der Waals surface area contributed by atoms with E-state index in [9.17, 15) is 9.18 Å². The van der Waals surface area contributed by atoms with Gasteiger partial charge in [-0.05, 0) is 31.0 Å². The molecule has 1 aliphatic heterocycles. The van der Waals surface area contributed by atoms with Gasteiger partial charge in [0.2, 0.25) is 5.91 Å². The Hall–Kier alpha value is -2.70. The lowest BCUT2D eigenvalue weighted by atomic mass is 9.83. The van der Waals surface area contributed by atoms with E-state index in [1.807, 2.05) is 4.90 Å². The highest BCUT2D eigenvalue weighted by Gasteiger charge is 2.39. The largest absolute Gasteiger partial charge is 0.348 e. The van der Waals surface area contributed by atoms with Crippen LogP contribution in [0.5, 0.6) is 0 Å². The highest BCUT2D eigenvalue weighted by atomic mass is 19.1. The van der Waals surface area contributed by atoms with Gasteiger partial charge >= 0.3 is 0 Å². The molecule has 4 heterocycles. The Kier molecular flexibility index (Phi) is 3.16. The molecule has 128 valence electrons. The first-order valence-corrected chi connectivity index (χ1v) is 8.69. The summed E-state index contributed by atoms with van der Waals surface area (Å²) in [4.78, 5) is 22.5. The van der Waals surface area contributed by atoms with Crippen molar-refractivity contribution >= 4 is 11.4 Å². The Morgan fingerprint density at radius 2 is 2.24 bits per heavy atom. The molecular weight excluding hydrogens is 321 g/mol. The third kappa shape index (κ3) is 2.18. The molecule has 1 aliphatic carbocycles. The van der Waals surface area contributed by atoms with Gasteiger partial charge < -0.3 is 9.88 Å². The predicted octanol–water partition coefficient (Wildman–Crippen LogP) is 2.47. The highest BCUT2D eigenvalue weighted by molar-refractivity contribution is 5.81. The van der Waals surface area contributed by atoms with Crippen molar-refractivity contribution in [1.29, 1.82) is 0 Å². The van der Waals surface area contributed by atoms with Gasteiger partial charge in [0, 0.05) is 30.8 Å². The number of aromatic nitrogens is 4. The Labute approximate surface area is 143 Å². The van der Waals surface area contributed by atoms with Gasteiger partial charge in [0.05, 0.1) is 17.7 Å². The summed E-state index contributed by atoms with van der Waals surface area (Å²) < 4.78 is 15.6. The second-order valence-electron chi connectivity index (χ2n) is 6.83. The fraction of sp³-hybridized carbons (Fsp3) is 0.389. The van der Waals surface area contributed by atoms with Gasteiger partial charge in [-0.2, -0.15) is 5.10 Å². The number of fused-ring (bicyclic) bond motifs is 2. The average molecular weight is 339 g/mol. The zero-order valence-electron chi connectivity index (χ0n) is 13.7. The summed E-state index contributed by atoms with van der Waals surface area (Å²) >= 11 is 0. The molecule has 0 bridgehead atoms. The lowest BCUT2D eigenvalue weighted by molar-refractivity contribution is -0.140. The summed E-state index contributed by atoms with van der Waals surface area (Å²) in [5.74, 6) is -0.0460. The molecule has 0 saturated heterocycles. The van der Waals surface area contributed by atoms with Gasteiger partial charge in [-0.1, -0.05) is 6.42 Å². The fourth-order valence-corrected chi connectivity index (χ4v) is 3.84. The van der Waals surface area contributed by atoms with Crippen LogP contribution in [0.25, 0.3) is 5.52 Å². The van der Waals surface area contributed by atoms with Crippen molar-refractivity contribution in [3.8, 4) is 0 Å². The summed E-state index contributed by atoms with van der Waals surface area (Å²) in [5, 5.41) is 4.54. The van der Waals surface area contributed by atoms with Crippen molar-refractivity contribution in [2.24, 2.45) is 5.92 Å². The van der Waals surface area contributed by atoms with Crippen LogP contribution in [0.1, 0.15) is 42.4 Å². The summed E-state index contributed by atoms with van der Waals surface area (Å²) in [6.07, 6.45) is 7.15. The van der Waals surface area contributed by atoms with Crippen molar-refractivity contribution in [3.63, 3.8) is 0 Å². The number of nitrogens with one attached hydrogen (secondary N) is 1. The molecule has 1 saturated carbocycles. The molecule has 1 amide bonds. The third-order valence-electron chi connectivity index (χ3n) is 5.41. The van der Waals surface area contributed by atoms with Crippen LogP contribution in [0.3, 0.4) is 0 Å². The number of H-pyrrole nitrogens is 1. The average Bonchev–Trinajstić information content (AvgIpc) is 3.19. The SMILES string of the molecule is O=C(C1CCC1)N1CCc2[nH]cnc2[C@@H]1c1cc2c(F)cccn2n1. The highest BCUT2D eigenvalue weighted by Crippen LogP contribution is 2.37. The molecule has 25 heavy (non-hydrogen) atoms. The second kappa shape index (κ2) is 5.40. The molecule has 1 fully saturated rings. The van der Waals surface area contributed by atoms with E-state index in [1.54, 1.807) is 24.7 Å². The molecule has 5 rings (SSSR count). The smallest absolute Gasteiger partial charge is 0.226 e. The van der Waals surface area contributed by atoms with Crippen LogP contribution in [0.15, 0.2) is 30.7 Å². The summed E-state index contributed by atoms with van der Waals surface area (Å²) in [7, 11) is 0. The van der Waals surface area contributed by atoms with Gasteiger partial charge in [-0.3, -0.25) is 4.79 Å². The molecule has 0 unspecified atom stereocenters. The normalized spacial score (nSPS) is 20.5. The number of nitrogens with zero attached hydrogens (tertiary/aromatic N) is 4. The van der Waals surface area contributed by atoms with Gasteiger partial charge in [-0.25, -0.2) is 13.9 Å².